The number of para-hydroxylation sites is 1. The van der Waals surface area contributed by atoms with Crippen molar-refractivity contribution >= 4 is 17.3 Å². The highest BCUT2D eigenvalue weighted by molar-refractivity contribution is 6.33. The minimum Gasteiger partial charge on any atom is -0.379 e. The number of nitrogens with one attached hydrogen (secondary N) is 1. The van der Waals surface area contributed by atoms with Crippen LogP contribution in [0.15, 0.2) is 30.6 Å². The summed E-state index contributed by atoms with van der Waals surface area (Å²) in [4.78, 5) is 0. The van der Waals surface area contributed by atoms with Gasteiger partial charge in [-0.25, -0.2) is 0 Å². The summed E-state index contributed by atoms with van der Waals surface area (Å²) in [5.74, 6) is 0. The monoisotopic (exact) mass is 263 g/mol. The van der Waals surface area contributed by atoms with Crippen molar-refractivity contribution in [3.05, 3.63) is 46.7 Å². The first-order chi connectivity index (χ1) is 8.58. The van der Waals surface area contributed by atoms with Gasteiger partial charge < -0.3 is 5.32 Å². The van der Waals surface area contributed by atoms with E-state index in [0.717, 1.165) is 28.4 Å². The van der Waals surface area contributed by atoms with Crippen LogP contribution in [-0.2, 0) is 6.54 Å². The Kier molecular flexibility index (Phi) is 3.92. The van der Waals surface area contributed by atoms with Gasteiger partial charge in [0.25, 0.3) is 0 Å². The number of aryl methyl sites for hydroxylation is 1. The topological polar surface area (TPSA) is 29.9 Å². The standard InChI is InChI=1S/C14H18ClN3/c1-10(2)18-9-12(8-17-18)7-16-14-11(3)5-4-6-13(14)15/h4-6,8-10,16H,7H2,1-3H3. The Morgan fingerprint density at radius 1 is 1.39 bits per heavy atom. The van der Waals surface area contributed by atoms with E-state index in [-0.39, 0.29) is 0 Å². The fourth-order valence-electron chi connectivity index (χ4n) is 1.80. The zero-order valence-corrected chi connectivity index (χ0v) is 11.7. The molecule has 0 aliphatic rings. The molecule has 0 bridgehead atoms. The van der Waals surface area contributed by atoms with Gasteiger partial charge in [0, 0.05) is 24.3 Å². The number of rotatable bonds is 4. The smallest absolute Gasteiger partial charge is 0.0640 e. The molecule has 0 fully saturated rings. The summed E-state index contributed by atoms with van der Waals surface area (Å²) >= 11 is 6.17. The van der Waals surface area contributed by atoms with Crippen LogP contribution in [0.1, 0.15) is 31.0 Å². The zero-order valence-electron chi connectivity index (χ0n) is 10.9. The SMILES string of the molecule is Cc1cccc(Cl)c1NCc1cnn(C(C)C)c1. The molecule has 0 spiro atoms. The number of halogens is 1. The summed E-state index contributed by atoms with van der Waals surface area (Å²) in [6.07, 6.45) is 3.95. The van der Waals surface area contributed by atoms with Crippen LogP contribution in [0.25, 0.3) is 0 Å². The Hall–Kier alpha value is -1.48. The maximum atomic E-state index is 6.17. The number of anilines is 1. The number of hydrogen-bond donors (Lipinski definition) is 1. The lowest BCUT2D eigenvalue weighted by molar-refractivity contribution is 0.532. The molecule has 96 valence electrons. The summed E-state index contributed by atoms with van der Waals surface area (Å²) in [5, 5.41) is 8.44. The maximum absolute atomic E-state index is 6.17. The van der Waals surface area contributed by atoms with E-state index < -0.39 is 0 Å². The van der Waals surface area contributed by atoms with E-state index in [2.05, 4.69) is 30.5 Å². The van der Waals surface area contributed by atoms with Crippen molar-refractivity contribution < 1.29 is 0 Å². The third-order valence-electron chi connectivity index (χ3n) is 2.88. The second kappa shape index (κ2) is 5.44. The van der Waals surface area contributed by atoms with Gasteiger partial charge in [0.05, 0.1) is 16.9 Å². The quantitative estimate of drug-likeness (QED) is 0.902. The molecule has 0 aliphatic heterocycles. The van der Waals surface area contributed by atoms with Crippen LogP contribution in [0.3, 0.4) is 0 Å². The Morgan fingerprint density at radius 2 is 2.17 bits per heavy atom. The Morgan fingerprint density at radius 3 is 2.78 bits per heavy atom. The Balaban J connectivity index is 2.07. The molecule has 0 saturated carbocycles. The van der Waals surface area contributed by atoms with Gasteiger partial charge in [0.2, 0.25) is 0 Å². The molecule has 0 atom stereocenters. The van der Waals surface area contributed by atoms with Crippen molar-refractivity contribution in [2.45, 2.75) is 33.4 Å². The highest BCUT2D eigenvalue weighted by Gasteiger charge is 2.05. The van der Waals surface area contributed by atoms with Crippen molar-refractivity contribution in [2.24, 2.45) is 0 Å². The van der Waals surface area contributed by atoms with Crippen molar-refractivity contribution in [1.82, 2.24) is 9.78 Å². The predicted octanol–water partition coefficient (Wildman–Crippen LogP) is 4.04. The number of aromatic nitrogens is 2. The Labute approximate surface area is 113 Å². The minimum absolute atomic E-state index is 0.390. The number of hydrogen-bond acceptors (Lipinski definition) is 2. The average Bonchev–Trinajstić information content (AvgIpc) is 2.77. The van der Waals surface area contributed by atoms with Gasteiger partial charge in [-0.1, -0.05) is 23.7 Å². The van der Waals surface area contributed by atoms with Crippen molar-refractivity contribution in [2.75, 3.05) is 5.32 Å². The predicted molar refractivity (Wildman–Crippen MR) is 76.1 cm³/mol. The second-order valence-corrected chi connectivity index (χ2v) is 5.11. The first-order valence-corrected chi connectivity index (χ1v) is 6.47. The fourth-order valence-corrected chi connectivity index (χ4v) is 2.09. The maximum Gasteiger partial charge on any atom is 0.0640 e. The van der Waals surface area contributed by atoms with Crippen molar-refractivity contribution in [3.63, 3.8) is 0 Å². The van der Waals surface area contributed by atoms with Gasteiger partial charge in [-0.05, 0) is 32.4 Å². The lowest BCUT2D eigenvalue weighted by Gasteiger charge is -2.10. The molecule has 18 heavy (non-hydrogen) atoms. The molecule has 3 nitrogen and oxygen atoms in total. The number of benzene rings is 1. The molecule has 0 amide bonds. The highest BCUT2D eigenvalue weighted by Crippen LogP contribution is 2.25. The molecule has 0 unspecified atom stereocenters. The van der Waals surface area contributed by atoms with Gasteiger partial charge in [-0.3, -0.25) is 4.68 Å². The lowest BCUT2D eigenvalue weighted by atomic mass is 10.2. The molecule has 2 rings (SSSR count). The summed E-state index contributed by atoms with van der Waals surface area (Å²) < 4.78 is 1.95. The average molecular weight is 264 g/mol. The fraction of sp³-hybridized carbons (Fsp3) is 0.357. The molecule has 2 aromatic rings. The summed E-state index contributed by atoms with van der Waals surface area (Å²) in [6.45, 7) is 7.01. The third-order valence-corrected chi connectivity index (χ3v) is 3.19. The molecular weight excluding hydrogens is 246 g/mol. The van der Waals surface area contributed by atoms with E-state index in [1.165, 1.54) is 0 Å². The first kappa shape index (κ1) is 13.0. The molecule has 0 saturated heterocycles. The van der Waals surface area contributed by atoms with Crippen LogP contribution in [0.5, 0.6) is 0 Å². The molecule has 1 N–H and O–H groups in total. The first-order valence-electron chi connectivity index (χ1n) is 6.10. The molecule has 0 radical (unpaired) electrons. The summed E-state index contributed by atoms with van der Waals surface area (Å²) in [6, 6.07) is 6.29. The Bertz CT molecular complexity index is 511. The molecule has 0 aliphatic carbocycles. The van der Waals surface area contributed by atoms with Crippen molar-refractivity contribution in [3.8, 4) is 0 Å². The molecule has 1 aromatic carbocycles. The van der Waals surface area contributed by atoms with Crippen LogP contribution < -0.4 is 5.32 Å². The van der Waals surface area contributed by atoms with E-state index >= 15 is 0 Å². The van der Waals surface area contributed by atoms with Crippen molar-refractivity contribution in [1.29, 1.82) is 0 Å². The molecular formula is C14H18ClN3. The van der Waals surface area contributed by atoms with Gasteiger partial charge >= 0.3 is 0 Å². The third kappa shape index (κ3) is 2.85. The van der Waals surface area contributed by atoms with E-state index in [4.69, 9.17) is 11.6 Å². The second-order valence-electron chi connectivity index (χ2n) is 4.71. The normalized spacial score (nSPS) is 10.9. The van der Waals surface area contributed by atoms with E-state index in [9.17, 15) is 0 Å². The van der Waals surface area contributed by atoms with Crippen LogP contribution in [0, 0.1) is 6.92 Å². The molecule has 1 aromatic heterocycles. The highest BCUT2D eigenvalue weighted by atomic mass is 35.5. The van der Waals surface area contributed by atoms with Gasteiger partial charge in [-0.2, -0.15) is 5.10 Å². The largest absolute Gasteiger partial charge is 0.379 e. The van der Waals surface area contributed by atoms with Gasteiger partial charge in [-0.15, -0.1) is 0 Å². The summed E-state index contributed by atoms with van der Waals surface area (Å²) in [5.41, 5.74) is 3.30. The van der Waals surface area contributed by atoms with Crippen LogP contribution in [0.2, 0.25) is 5.02 Å². The number of nitrogens with zero attached hydrogens (tertiary/aromatic N) is 2. The zero-order chi connectivity index (χ0) is 13.1. The van der Waals surface area contributed by atoms with E-state index in [1.807, 2.05) is 36.0 Å². The summed E-state index contributed by atoms with van der Waals surface area (Å²) in [7, 11) is 0. The van der Waals surface area contributed by atoms with Crippen LogP contribution in [0.4, 0.5) is 5.69 Å². The van der Waals surface area contributed by atoms with Gasteiger partial charge in [0.15, 0.2) is 0 Å². The minimum atomic E-state index is 0.390. The molecule has 1 heterocycles. The van der Waals surface area contributed by atoms with E-state index in [0.29, 0.717) is 6.04 Å². The van der Waals surface area contributed by atoms with Gasteiger partial charge in [0.1, 0.15) is 0 Å². The van der Waals surface area contributed by atoms with Crippen LogP contribution >= 0.6 is 11.6 Å². The van der Waals surface area contributed by atoms with E-state index in [1.54, 1.807) is 0 Å². The lowest BCUT2D eigenvalue weighted by Crippen LogP contribution is -2.02. The molecule has 4 heteroatoms. The van der Waals surface area contributed by atoms with Crippen LogP contribution in [-0.4, -0.2) is 9.78 Å².